The van der Waals surface area contributed by atoms with E-state index >= 15 is 0 Å². The van der Waals surface area contributed by atoms with E-state index in [2.05, 4.69) is 30.7 Å². The molecule has 2 aromatic carbocycles. The van der Waals surface area contributed by atoms with E-state index in [1.807, 2.05) is 60.9 Å². The number of ether oxygens (including phenoxy) is 1. The summed E-state index contributed by atoms with van der Waals surface area (Å²) in [6.45, 7) is 7.88. The molecule has 0 aliphatic carbocycles. The summed E-state index contributed by atoms with van der Waals surface area (Å²) >= 11 is 0. The third-order valence-corrected chi connectivity index (χ3v) is 7.26. The molecule has 0 spiro atoms. The minimum Gasteiger partial charge on any atom is -0.494 e. The van der Waals surface area contributed by atoms with Crippen LogP contribution in [0.5, 0.6) is 5.75 Å². The molecule has 39 heavy (non-hydrogen) atoms. The van der Waals surface area contributed by atoms with E-state index in [4.69, 9.17) is 9.84 Å². The molecule has 1 saturated heterocycles. The lowest BCUT2D eigenvalue weighted by Crippen LogP contribution is -2.54. The minimum absolute atomic E-state index is 0.0584. The van der Waals surface area contributed by atoms with Gasteiger partial charge in [0, 0.05) is 42.5 Å². The monoisotopic (exact) mass is 529 g/mol. The standard InChI is InChI=1S/C32H39N3O4/c1-4-6-26(31(36)35-20-28(21-35)32(37)38)17-23-8-10-25(11-9-23)30-33-18-27(19-34-30)24-12-14-29(15-13-24)39-16-5-7-22(2)3/h8-15,18-19,22,26,28H,4-7,16-17,20-21H2,1-3H3,(H,37,38). The number of rotatable bonds is 13. The van der Waals surface area contributed by atoms with Crippen LogP contribution < -0.4 is 4.74 Å². The summed E-state index contributed by atoms with van der Waals surface area (Å²) in [4.78, 5) is 34.9. The Bertz CT molecular complexity index is 1220. The van der Waals surface area contributed by atoms with Crippen LogP contribution in [0.3, 0.4) is 0 Å². The number of carboxylic acids is 1. The number of carbonyl (C=O) groups excluding carboxylic acids is 1. The van der Waals surface area contributed by atoms with E-state index in [1.165, 1.54) is 6.42 Å². The van der Waals surface area contributed by atoms with Gasteiger partial charge in [-0.1, -0.05) is 63.6 Å². The SMILES string of the molecule is CCCC(Cc1ccc(-c2ncc(-c3ccc(OCCCC(C)C)cc3)cn2)cc1)C(=O)N1CC(C(=O)O)C1. The number of nitrogens with zero attached hydrogens (tertiary/aromatic N) is 3. The highest BCUT2D eigenvalue weighted by Crippen LogP contribution is 2.26. The Balaban J connectivity index is 1.33. The topological polar surface area (TPSA) is 92.6 Å². The van der Waals surface area contributed by atoms with E-state index in [0.717, 1.165) is 53.9 Å². The van der Waals surface area contributed by atoms with Gasteiger partial charge in [-0.3, -0.25) is 9.59 Å². The summed E-state index contributed by atoms with van der Waals surface area (Å²) < 4.78 is 5.84. The second-order valence-electron chi connectivity index (χ2n) is 10.9. The Kier molecular flexibility index (Phi) is 9.69. The van der Waals surface area contributed by atoms with Crippen molar-refractivity contribution in [2.45, 2.75) is 52.9 Å². The Morgan fingerprint density at radius 3 is 2.18 bits per heavy atom. The summed E-state index contributed by atoms with van der Waals surface area (Å²) in [5.41, 5.74) is 3.97. The van der Waals surface area contributed by atoms with Crippen molar-refractivity contribution >= 4 is 11.9 Å². The molecule has 7 nitrogen and oxygen atoms in total. The second-order valence-corrected chi connectivity index (χ2v) is 10.9. The van der Waals surface area contributed by atoms with Crippen LogP contribution in [0.2, 0.25) is 0 Å². The average molecular weight is 530 g/mol. The summed E-state index contributed by atoms with van der Waals surface area (Å²) in [6, 6.07) is 16.1. The Labute approximate surface area is 231 Å². The second kappa shape index (κ2) is 13.4. The summed E-state index contributed by atoms with van der Waals surface area (Å²) in [5, 5.41) is 9.11. The largest absolute Gasteiger partial charge is 0.494 e. The van der Waals surface area contributed by atoms with Gasteiger partial charge in [-0.2, -0.15) is 0 Å². The molecule has 1 fully saturated rings. The lowest BCUT2D eigenvalue weighted by atomic mass is 9.90. The van der Waals surface area contributed by atoms with Crippen molar-refractivity contribution in [3.8, 4) is 28.3 Å². The molecule has 1 unspecified atom stereocenters. The van der Waals surface area contributed by atoms with Crippen LogP contribution in [0.15, 0.2) is 60.9 Å². The number of hydrogen-bond acceptors (Lipinski definition) is 5. The molecule has 2 heterocycles. The summed E-state index contributed by atoms with van der Waals surface area (Å²) in [5.74, 6) is 0.879. The van der Waals surface area contributed by atoms with Crippen LogP contribution in [0.1, 0.15) is 52.0 Å². The fourth-order valence-electron chi connectivity index (χ4n) is 4.86. The highest BCUT2D eigenvalue weighted by Gasteiger charge is 2.37. The van der Waals surface area contributed by atoms with Gasteiger partial charge in [-0.05, 0) is 54.9 Å². The van der Waals surface area contributed by atoms with Crippen molar-refractivity contribution in [3.63, 3.8) is 0 Å². The number of carboxylic acid groups (broad SMARTS) is 1. The van der Waals surface area contributed by atoms with E-state index < -0.39 is 11.9 Å². The third kappa shape index (κ3) is 7.65. The predicted octanol–water partition coefficient (Wildman–Crippen LogP) is 6.13. The number of aliphatic carboxylic acids is 1. The molecule has 1 atom stereocenters. The molecular formula is C32H39N3O4. The van der Waals surface area contributed by atoms with Crippen molar-refractivity contribution in [2.24, 2.45) is 17.8 Å². The maximum atomic E-state index is 12.9. The molecule has 0 bridgehead atoms. The predicted molar refractivity (Wildman–Crippen MR) is 152 cm³/mol. The molecule has 1 amide bonds. The quantitative estimate of drug-likeness (QED) is 0.268. The van der Waals surface area contributed by atoms with E-state index in [-0.39, 0.29) is 11.8 Å². The first-order chi connectivity index (χ1) is 18.8. The lowest BCUT2D eigenvalue weighted by molar-refractivity contribution is -0.154. The van der Waals surface area contributed by atoms with Crippen molar-refractivity contribution in [2.75, 3.05) is 19.7 Å². The highest BCUT2D eigenvalue weighted by atomic mass is 16.5. The van der Waals surface area contributed by atoms with Gasteiger partial charge in [-0.25, -0.2) is 9.97 Å². The Hall–Kier alpha value is -3.74. The maximum Gasteiger partial charge on any atom is 0.310 e. The molecule has 0 radical (unpaired) electrons. The number of carbonyl (C=O) groups is 2. The highest BCUT2D eigenvalue weighted by molar-refractivity contribution is 5.83. The summed E-state index contributed by atoms with van der Waals surface area (Å²) in [6.07, 6.45) is 8.21. The zero-order valence-electron chi connectivity index (χ0n) is 23.2. The van der Waals surface area contributed by atoms with E-state index in [9.17, 15) is 9.59 Å². The lowest BCUT2D eigenvalue weighted by Gasteiger charge is -2.39. The number of aromatic nitrogens is 2. The van der Waals surface area contributed by atoms with Gasteiger partial charge in [0.25, 0.3) is 0 Å². The van der Waals surface area contributed by atoms with Crippen molar-refractivity contribution < 1.29 is 19.4 Å². The van der Waals surface area contributed by atoms with Crippen molar-refractivity contribution in [3.05, 3.63) is 66.5 Å². The van der Waals surface area contributed by atoms with Gasteiger partial charge < -0.3 is 14.7 Å². The van der Waals surface area contributed by atoms with Crippen LogP contribution >= 0.6 is 0 Å². The third-order valence-electron chi connectivity index (χ3n) is 7.26. The first-order valence-corrected chi connectivity index (χ1v) is 14.0. The zero-order chi connectivity index (χ0) is 27.8. The average Bonchev–Trinajstić information content (AvgIpc) is 2.90. The van der Waals surface area contributed by atoms with E-state index in [1.54, 1.807) is 4.90 Å². The molecule has 1 aliphatic heterocycles. The van der Waals surface area contributed by atoms with Crippen LogP contribution in [-0.2, 0) is 16.0 Å². The summed E-state index contributed by atoms with van der Waals surface area (Å²) in [7, 11) is 0. The molecule has 3 aromatic rings. The molecule has 206 valence electrons. The van der Waals surface area contributed by atoms with Gasteiger partial charge in [0.15, 0.2) is 5.82 Å². The molecule has 4 rings (SSSR count). The van der Waals surface area contributed by atoms with Crippen LogP contribution in [0, 0.1) is 17.8 Å². The van der Waals surface area contributed by atoms with Gasteiger partial charge in [-0.15, -0.1) is 0 Å². The fraction of sp³-hybridized carbons (Fsp3) is 0.438. The first-order valence-electron chi connectivity index (χ1n) is 14.0. The number of likely N-dealkylation sites (tertiary alicyclic amines) is 1. The molecule has 1 aromatic heterocycles. The maximum absolute atomic E-state index is 12.9. The van der Waals surface area contributed by atoms with Crippen LogP contribution in [0.25, 0.3) is 22.5 Å². The Morgan fingerprint density at radius 2 is 1.59 bits per heavy atom. The fourth-order valence-corrected chi connectivity index (χ4v) is 4.86. The number of amides is 1. The number of benzene rings is 2. The van der Waals surface area contributed by atoms with Crippen LogP contribution in [0.4, 0.5) is 0 Å². The first kappa shape index (κ1) is 28.3. The van der Waals surface area contributed by atoms with Gasteiger partial charge >= 0.3 is 5.97 Å². The molecule has 0 saturated carbocycles. The minimum atomic E-state index is -0.827. The normalized spacial score (nSPS) is 14.2. The molecule has 1 aliphatic rings. The molecule has 1 N–H and O–H groups in total. The number of hydrogen-bond donors (Lipinski definition) is 1. The van der Waals surface area contributed by atoms with Gasteiger partial charge in [0.1, 0.15) is 5.75 Å². The van der Waals surface area contributed by atoms with Crippen molar-refractivity contribution in [1.29, 1.82) is 0 Å². The van der Waals surface area contributed by atoms with Gasteiger partial charge in [0.05, 0.1) is 12.5 Å². The van der Waals surface area contributed by atoms with Crippen LogP contribution in [-0.4, -0.2) is 51.5 Å². The van der Waals surface area contributed by atoms with E-state index in [0.29, 0.717) is 31.3 Å². The van der Waals surface area contributed by atoms with Gasteiger partial charge in [0.2, 0.25) is 5.91 Å². The van der Waals surface area contributed by atoms with Crippen molar-refractivity contribution in [1.82, 2.24) is 14.9 Å². The Morgan fingerprint density at radius 1 is 0.949 bits per heavy atom. The zero-order valence-corrected chi connectivity index (χ0v) is 23.2. The molecule has 7 heteroatoms. The smallest absolute Gasteiger partial charge is 0.310 e. The molecular weight excluding hydrogens is 490 g/mol.